The zero-order chi connectivity index (χ0) is 12.3. The van der Waals surface area contributed by atoms with Gasteiger partial charge in [-0.25, -0.2) is 0 Å². The van der Waals surface area contributed by atoms with Gasteiger partial charge in [-0.05, 0) is 37.7 Å². The van der Waals surface area contributed by atoms with Crippen molar-refractivity contribution in [3.8, 4) is 0 Å². The van der Waals surface area contributed by atoms with Gasteiger partial charge in [0.05, 0.1) is 0 Å². The minimum absolute atomic E-state index is 0.711. The van der Waals surface area contributed by atoms with E-state index in [2.05, 4.69) is 51.0 Å². The minimum Gasteiger partial charge on any atom is -0.369 e. The highest BCUT2D eigenvalue weighted by atomic mass is 79.9. The molecule has 0 aliphatic carbocycles. The maximum atomic E-state index is 5.68. The van der Waals surface area contributed by atoms with Crippen molar-refractivity contribution in [1.82, 2.24) is 4.90 Å². The van der Waals surface area contributed by atoms with E-state index in [-0.39, 0.29) is 0 Å². The number of nitrogens with zero attached hydrogens (tertiary/aromatic N) is 2. The summed E-state index contributed by atoms with van der Waals surface area (Å²) < 4.78 is 1.15. The third-order valence-electron chi connectivity index (χ3n) is 3.30. The molecule has 0 amide bonds. The lowest BCUT2D eigenvalue weighted by Gasteiger charge is -2.35. The highest BCUT2D eigenvalue weighted by molar-refractivity contribution is 9.10. The van der Waals surface area contributed by atoms with Crippen LogP contribution < -0.4 is 10.6 Å². The van der Waals surface area contributed by atoms with E-state index in [0.29, 0.717) is 6.54 Å². The Kier molecular flexibility index (Phi) is 4.42. The van der Waals surface area contributed by atoms with Gasteiger partial charge in [0, 0.05) is 36.3 Å². The molecule has 0 saturated carbocycles. The van der Waals surface area contributed by atoms with Crippen molar-refractivity contribution in [2.45, 2.75) is 6.42 Å². The van der Waals surface area contributed by atoms with Crippen molar-refractivity contribution < 1.29 is 0 Å². The Bertz CT molecular complexity index is 373. The predicted molar refractivity (Wildman–Crippen MR) is 76.6 cm³/mol. The lowest BCUT2D eigenvalue weighted by atomic mass is 10.1. The largest absolute Gasteiger partial charge is 0.369 e. The van der Waals surface area contributed by atoms with Crippen LogP contribution in [0, 0.1) is 0 Å². The lowest BCUT2D eigenvalue weighted by molar-refractivity contribution is 0.312. The van der Waals surface area contributed by atoms with Gasteiger partial charge >= 0.3 is 0 Å². The topological polar surface area (TPSA) is 32.5 Å². The zero-order valence-electron chi connectivity index (χ0n) is 10.3. The first-order chi connectivity index (χ1) is 8.20. The van der Waals surface area contributed by atoms with Gasteiger partial charge in [-0.15, -0.1) is 0 Å². The van der Waals surface area contributed by atoms with E-state index in [1.807, 2.05) is 0 Å². The highest BCUT2D eigenvalue weighted by Gasteiger charge is 2.16. The summed E-state index contributed by atoms with van der Waals surface area (Å²) in [4.78, 5) is 4.84. The molecule has 0 bridgehead atoms. The number of likely N-dealkylation sites (N-methyl/N-ethyl adjacent to an activating group) is 1. The van der Waals surface area contributed by atoms with Crippen LogP contribution in [-0.2, 0) is 6.42 Å². The number of benzene rings is 1. The summed E-state index contributed by atoms with van der Waals surface area (Å²) in [5.41, 5.74) is 8.39. The molecule has 1 saturated heterocycles. The van der Waals surface area contributed by atoms with Crippen LogP contribution in [0.1, 0.15) is 5.56 Å². The lowest BCUT2D eigenvalue weighted by Crippen LogP contribution is -2.44. The number of nitrogens with two attached hydrogens (primary N) is 1. The van der Waals surface area contributed by atoms with Crippen molar-refractivity contribution in [2.24, 2.45) is 5.73 Å². The van der Waals surface area contributed by atoms with Crippen LogP contribution in [0.4, 0.5) is 5.69 Å². The molecule has 0 spiro atoms. The first-order valence-corrected chi connectivity index (χ1v) is 6.92. The Morgan fingerprint density at radius 1 is 1.24 bits per heavy atom. The summed E-state index contributed by atoms with van der Waals surface area (Å²) in [7, 11) is 2.18. The maximum absolute atomic E-state index is 5.68. The number of hydrogen-bond donors (Lipinski definition) is 1. The summed E-state index contributed by atoms with van der Waals surface area (Å²) in [6.45, 7) is 5.18. The molecule has 0 aromatic heterocycles. The van der Waals surface area contributed by atoms with Crippen molar-refractivity contribution >= 4 is 21.6 Å². The molecular formula is C13H20BrN3. The smallest absolute Gasteiger partial charge is 0.0411 e. The van der Waals surface area contributed by atoms with E-state index in [1.165, 1.54) is 11.3 Å². The second-order valence-corrected chi connectivity index (χ2v) is 5.52. The normalized spacial score (nSPS) is 17.5. The van der Waals surface area contributed by atoms with Gasteiger partial charge in [0.25, 0.3) is 0 Å². The Balaban J connectivity index is 2.20. The Labute approximate surface area is 112 Å². The second-order valence-electron chi connectivity index (χ2n) is 4.60. The molecule has 1 heterocycles. The number of piperazine rings is 1. The molecule has 1 fully saturated rings. The first-order valence-electron chi connectivity index (χ1n) is 6.12. The summed E-state index contributed by atoms with van der Waals surface area (Å²) in [6, 6.07) is 6.51. The molecule has 1 aliphatic heterocycles. The van der Waals surface area contributed by atoms with Gasteiger partial charge in [0.1, 0.15) is 0 Å². The monoisotopic (exact) mass is 297 g/mol. The van der Waals surface area contributed by atoms with Crippen LogP contribution in [0.2, 0.25) is 0 Å². The SMILES string of the molecule is CN1CCN(c2cc(Br)ccc2CCN)CC1. The van der Waals surface area contributed by atoms with E-state index < -0.39 is 0 Å². The Morgan fingerprint density at radius 3 is 2.59 bits per heavy atom. The van der Waals surface area contributed by atoms with Gasteiger partial charge in [0.2, 0.25) is 0 Å². The summed E-state index contributed by atoms with van der Waals surface area (Å²) in [6.07, 6.45) is 0.953. The van der Waals surface area contributed by atoms with Crippen LogP contribution >= 0.6 is 15.9 Å². The summed E-state index contributed by atoms with van der Waals surface area (Å²) in [5, 5.41) is 0. The molecule has 1 aromatic rings. The van der Waals surface area contributed by atoms with Crippen LogP contribution in [0.25, 0.3) is 0 Å². The van der Waals surface area contributed by atoms with Crippen molar-refractivity contribution in [1.29, 1.82) is 0 Å². The number of halogens is 1. The molecule has 0 radical (unpaired) electrons. The molecule has 4 heteroatoms. The average molecular weight is 298 g/mol. The third kappa shape index (κ3) is 3.21. The summed E-state index contributed by atoms with van der Waals surface area (Å²) >= 11 is 3.56. The maximum Gasteiger partial charge on any atom is 0.0411 e. The van der Waals surface area contributed by atoms with Crippen LogP contribution in [0.3, 0.4) is 0 Å². The fourth-order valence-corrected chi connectivity index (χ4v) is 2.59. The fraction of sp³-hybridized carbons (Fsp3) is 0.538. The molecule has 0 atom stereocenters. The predicted octanol–water partition coefficient (Wildman–Crippen LogP) is 1.70. The van der Waals surface area contributed by atoms with Crippen molar-refractivity contribution in [3.63, 3.8) is 0 Å². The molecular weight excluding hydrogens is 278 g/mol. The second kappa shape index (κ2) is 5.85. The zero-order valence-corrected chi connectivity index (χ0v) is 11.9. The molecule has 3 nitrogen and oxygen atoms in total. The van der Waals surface area contributed by atoms with Gasteiger partial charge in [0.15, 0.2) is 0 Å². The van der Waals surface area contributed by atoms with E-state index in [0.717, 1.165) is 37.1 Å². The van der Waals surface area contributed by atoms with E-state index in [1.54, 1.807) is 0 Å². The number of hydrogen-bond acceptors (Lipinski definition) is 3. The highest BCUT2D eigenvalue weighted by Crippen LogP contribution is 2.26. The van der Waals surface area contributed by atoms with Gasteiger partial charge in [-0.1, -0.05) is 22.0 Å². The van der Waals surface area contributed by atoms with Gasteiger partial charge in [-0.3, -0.25) is 0 Å². The fourth-order valence-electron chi connectivity index (χ4n) is 2.25. The number of rotatable bonds is 3. The molecule has 1 aromatic carbocycles. The molecule has 94 valence electrons. The molecule has 1 aliphatic rings. The van der Waals surface area contributed by atoms with Gasteiger partial charge < -0.3 is 15.5 Å². The van der Waals surface area contributed by atoms with E-state index >= 15 is 0 Å². The average Bonchev–Trinajstić information content (AvgIpc) is 2.33. The van der Waals surface area contributed by atoms with Crippen LogP contribution in [-0.4, -0.2) is 44.7 Å². The quantitative estimate of drug-likeness (QED) is 0.922. The van der Waals surface area contributed by atoms with Crippen LogP contribution in [0.15, 0.2) is 22.7 Å². The number of anilines is 1. The van der Waals surface area contributed by atoms with E-state index in [4.69, 9.17) is 5.73 Å². The molecule has 0 unspecified atom stereocenters. The molecule has 2 rings (SSSR count). The summed E-state index contributed by atoms with van der Waals surface area (Å²) in [5.74, 6) is 0. The Morgan fingerprint density at radius 2 is 1.94 bits per heavy atom. The van der Waals surface area contributed by atoms with Crippen molar-refractivity contribution in [2.75, 3.05) is 44.7 Å². The first kappa shape index (κ1) is 12.9. The Hall–Kier alpha value is -0.580. The standard InChI is InChI=1S/C13H20BrN3/c1-16-6-8-17(9-7-16)13-10-12(14)3-2-11(13)4-5-15/h2-3,10H,4-9,15H2,1H3. The van der Waals surface area contributed by atoms with Crippen LogP contribution in [0.5, 0.6) is 0 Å². The third-order valence-corrected chi connectivity index (χ3v) is 3.80. The molecule has 2 N–H and O–H groups in total. The minimum atomic E-state index is 0.711. The van der Waals surface area contributed by atoms with E-state index in [9.17, 15) is 0 Å². The molecule has 17 heavy (non-hydrogen) atoms. The van der Waals surface area contributed by atoms with Crippen molar-refractivity contribution in [3.05, 3.63) is 28.2 Å². The van der Waals surface area contributed by atoms with Gasteiger partial charge in [-0.2, -0.15) is 0 Å².